The van der Waals surface area contributed by atoms with Gasteiger partial charge in [-0.2, -0.15) is 5.10 Å². The second-order valence-electron chi connectivity index (χ2n) is 5.69. The van der Waals surface area contributed by atoms with Crippen molar-refractivity contribution < 1.29 is 13.2 Å². The Morgan fingerprint density at radius 3 is 2.35 bits per heavy atom. The Morgan fingerprint density at radius 1 is 1.12 bits per heavy atom. The number of nitrogens with one attached hydrogen (secondary N) is 1. The molecule has 3 rings (SSSR count). The molecule has 0 fully saturated rings. The maximum absolute atomic E-state index is 12.5. The van der Waals surface area contributed by atoms with Gasteiger partial charge in [0.25, 0.3) is 11.5 Å². The van der Waals surface area contributed by atoms with Crippen LogP contribution in [0.15, 0.2) is 58.2 Å². The van der Waals surface area contributed by atoms with Gasteiger partial charge in [0.1, 0.15) is 0 Å². The number of aromatic nitrogens is 2. The minimum atomic E-state index is -3.76. The molecule has 0 aliphatic rings. The maximum atomic E-state index is 12.5. The lowest BCUT2D eigenvalue weighted by atomic mass is 10.1. The van der Waals surface area contributed by atoms with Crippen molar-refractivity contribution >= 4 is 26.7 Å². The highest BCUT2D eigenvalue weighted by Gasteiger charge is 2.15. The summed E-state index contributed by atoms with van der Waals surface area (Å²) >= 11 is 0. The molecule has 8 nitrogen and oxygen atoms in total. The fourth-order valence-electron chi connectivity index (χ4n) is 2.53. The first kappa shape index (κ1) is 17.8. The molecular formula is C17H16N4O4S. The van der Waals surface area contributed by atoms with Crippen molar-refractivity contribution in [1.82, 2.24) is 15.1 Å². The van der Waals surface area contributed by atoms with Crippen LogP contribution in [0.5, 0.6) is 0 Å². The summed E-state index contributed by atoms with van der Waals surface area (Å²) < 4.78 is 23.6. The first-order valence-corrected chi connectivity index (χ1v) is 9.18. The third-order valence-corrected chi connectivity index (χ3v) is 4.81. The number of rotatable bonds is 4. The van der Waals surface area contributed by atoms with E-state index in [1.165, 1.54) is 19.2 Å². The molecule has 1 amide bonds. The quantitative estimate of drug-likeness (QED) is 0.690. The van der Waals surface area contributed by atoms with Crippen molar-refractivity contribution in [2.75, 3.05) is 0 Å². The zero-order valence-electron chi connectivity index (χ0n) is 13.8. The van der Waals surface area contributed by atoms with Crippen molar-refractivity contribution in [2.24, 2.45) is 12.2 Å². The number of carbonyl (C=O) groups excluding carboxylic acids is 1. The van der Waals surface area contributed by atoms with Crippen LogP contribution < -0.4 is 16.0 Å². The molecule has 0 spiro atoms. The largest absolute Gasteiger partial charge is 0.347 e. The zero-order chi connectivity index (χ0) is 18.9. The predicted molar refractivity (Wildman–Crippen MR) is 96.0 cm³/mol. The van der Waals surface area contributed by atoms with Crippen LogP contribution in [0.2, 0.25) is 0 Å². The molecule has 0 unspecified atom stereocenters. The third kappa shape index (κ3) is 3.48. The van der Waals surface area contributed by atoms with Crippen LogP contribution >= 0.6 is 0 Å². The Hall–Kier alpha value is -3.04. The number of nitrogens with zero attached hydrogens (tertiary/aromatic N) is 2. The van der Waals surface area contributed by atoms with E-state index in [0.717, 1.165) is 4.68 Å². The molecule has 26 heavy (non-hydrogen) atoms. The standard InChI is InChI=1S/C17H16N4O4S/c1-21-17(23)14-5-3-2-4-13(14)15(20-21)16(22)19-10-11-6-8-12(9-7-11)26(18,24)25/h2-9H,10H2,1H3,(H,19,22)(H2,18,24,25). The van der Waals surface area contributed by atoms with E-state index in [1.54, 1.807) is 36.4 Å². The molecular weight excluding hydrogens is 356 g/mol. The molecule has 0 bridgehead atoms. The molecule has 1 aromatic heterocycles. The minimum Gasteiger partial charge on any atom is -0.347 e. The summed E-state index contributed by atoms with van der Waals surface area (Å²) in [7, 11) is -2.27. The van der Waals surface area contributed by atoms with Gasteiger partial charge in [-0.15, -0.1) is 0 Å². The van der Waals surface area contributed by atoms with Gasteiger partial charge in [-0.1, -0.05) is 30.3 Å². The van der Waals surface area contributed by atoms with Crippen molar-refractivity contribution in [3.05, 3.63) is 70.1 Å². The Bertz CT molecular complexity index is 1150. The van der Waals surface area contributed by atoms with E-state index in [4.69, 9.17) is 5.14 Å². The van der Waals surface area contributed by atoms with E-state index in [-0.39, 0.29) is 22.7 Å². The van der Waals surface area contributed by atoms with Crippen LogP contribution in [0.25, 0.3) is 10.8 Å². The second kappa shape index (κ2) is 6.70. The number of hydrogen-bond acceptors (Lipinski definition) is 5. The molecule has 2 aromatic carbocycles. The third-order valence-electron chi connectivity index (χ3n) is 3.88. The van der Waals surface area contributed by atoms with Gasteiger partial charge < -0.3 is 5.32 Å². The fourth-order valence-corrected chi connectivity index (χ4v) is 3.05. The molecule has 0 radical (unpaired) electrons. The normalized spacial score (nSPS) is 11.5. The summed E-state index contributed by atoms with van der Waals surface area (Å²) in [4.78, 5) is 24.6. The van der Waals surface area contributed by atoms with Gasteiger partial charge in [-0.25, -0.2) is 18.2 Å². The van der Waals surface area contributed by atoms with E-state index in [2.05, 4.69) is 10.4 Å². The Morgan fingerprint density at radius 2 is 1.73 bits per heavy atom. The van der Waals surface area contributed by atoms with E-state index in [0.29, 0.717) is 16.3 Å². The molecule has 9 heteroatoms. The average molecular weight is 372 g/mol. The number of fused-ring (bicyclic) bond motifs is 1. The number of sulfonamides is 1. The molecule has 1 heterocycles. The van der Waals surface area contributed by atoms with E-state index in [1.807, 2.05) is 0 Å². The number of benzene rings is 2. The molecule has 0 aliphatic heterocycles. The minimum absolute atomic E-state index is 0.00158. The Labute approximate surface area is 149 Å². The summed E-state index contributed by atoms with van der Waals surface area (Å²) in [6.45, 7) is 0.169. The first-order valence-electron chi connectivity index (χ1n) is 7.63. The lowest BCUT2D eigenvalue weighted by molar-refractivity contribution is 0.0945. The zero-order valence-corrected chi connectivity index (χ0v) is 14.7. The molecule has 0 aliphatic carbocycles. The summed E-state index contributed by atoms with van der Waals surface area (Å²) in [5.74, 6) is -0.438. The summed E-state index contributed by atoms with van der Waals surface area (Å²) in [6.07, 6.45) is 0. The van der Waals surface area contributed by atoms with Crippen molar-refractivity contribution in [3.63, 3.8) is 0 Å². The molecule has 0 saturated carbocycles. The average Bonchev–Trinajstić information content (AvgIpc) is 2.62. The van der Waals surface area contributed by atoms with Crippen LogP contribution in [0.3, 0.4) is 0 Å². The van der Waals surface area contributed by atoms with Crippen molar-refractivity contribution in [2.45, 2.75) is 11.4 Å². The monoisotopic (exact) mass is 372 g/mol. The summed E-state index contributed by atoms with van der Waals surface area (Å²) in [6, 6.07) is 12.6. The fraction of sp³-hybridized carbons (Fsp3) is 0.118. The smallest absolute Gasteiger partial charge is 0.274 e. The number of aryl methyl sites for hydroxylation is 1. The molecule has 3 N–H and O–H groups in total. The highest BCUT2D eigenvalue weighted by atomic mass is 32.2. The Balaban J connectivity index is 1.84. The summed E-state index contributed by atoms with van der Waals surface area (Å²) in [5.41, 5.74) is 0.555. The van der Waals surface area contributed by atoms with E-state index in [9.17, 15) is 18.0 Å². The van der Waals surface area contributed by atoms with Crippen LogP contribution in [0.4, 0.5) is 0 Å². The number of carbonyl (C=O) groups is 1. The van der Waals surface area contributed by atoms with Gasteiger partial charge in [-0.05, 0) is 23.8 Å². The lowest BCUT2D eigenvalue weighted by Crippen LogP contribution is -2.29. The highest BCUT2D eigenvalue weighted by Crippen LogP contribution is 2.13. The second-order valence-corrected chi connectivity index (χ2v) is 7.26. The first-order chi connectivity index (χ1) is 12.3. The lowest BCUT2D eigenvalue weighted by Gasteiger charge is -2.09. The van der Waals surface area contributed by atoms with Crippen molar-refractivity contribution in [1.29, 1.82) is 0 Å². The highest BCUT2D eigenvalue weighted by molar-refractivity contribution is 7.89. The molecule has 0 saturated heterocycles. The number of nitrogens with two attached hydrogens (primary N) is 1. The topological polar surface area (TPSA) is 124 Å². The molecule has 0 atom stereocenters. The summed E-state index contributed by atoms with van der Waals surface area (Å²) in [5, 5.41) is 12.7. The number of primary sulfonamides is 1. The van der Waals surface area contributed by atoms with Gasteiger partial charge in [-0.3, -0.25) is 9.59 Å². The van der Waals surface area contributed by atoms with Crippen LogP contribution in [0.1, 0.15) is 16.1 Å². The number of hydrogen-bond donors (Lipinski definition) is 2. The van der Waals surface area contributed by atoms with E-state index < -0.39 is 15.9 Å². The van der Waals surface area contributed by atoms with E-state index >= 15 is 0 Å². The SMILES string of the molecule is Cn1nc(C(=O)NCc2ccc(S(N)(=O)=O)cc2)c2ccccc2c1=O. The van der Waals surface area contributed by atoms with Crippen molar-refractivity contribution in [3.8, 4) is 0 Å². The van der Waals surface area contributed by atoms with Gasteiger partial charge in [0.05, 0.1) is 10.3 Å². The van der Waals surface area contributed by atoms with Gasteiger partial charge in [0.15, 0.2) is 5.69 Å². The molecule has 134 valence electrons. The Kier molecular flexibility index (Phi) is 4.58. The maximum Gasteiger partial charge on any atom is 0.274 e. The number of amides is 1. The van der Waals surface area contributed by atoms with Crippen LogP contribution in [-0.2, 0) is 23.6 Å². The van der Waals surface area contributed by atoms with Gasteiger partial charge in [0, 0.05) is 19.0 Å². The predicted octanol–water partition coefficient (Wildman–Crippen LogP) is 0.511. The van der Waals surface area contributed by atoms with Gasteiger partial charge in [0.2, 0.25) is 10.0 Å². The molecule has 3 aromatic rings. The van der Waals surface area contributed by atoms with Crippen LogP contribution in [0, 0.1) is 0 Å². The van der Waals surface area contributed by atoms with Crippen LogP contribution in [-0.4, -0.2) is 24.1 Å². The van der Waals surface area contributed by atoms with Gasteiger partial charge >= 0.3 is 0 Å².